The molecule has 0 unspecified atom stereocenters. The van der Waals surface area contributed by atoms with Crippen molar-refractivity contribution in [1.29, 1.82) is 0 Å². The van der Waals surface area contributed by atoms with Crippen molar-refractivity contribution in [3.05, 3.63) is 24.0 Å². The predicted octanol–water partition coefficient (Wildman–Crippen LogP) is 1.77. The standard InChI is InChI=1S/C9H8ClNO/c10-6-2-1-4-8-9(12)5-3-7-11-8/h3,5,7,12H,2,6H2. The number of halogens is 1. The van der Waals surface area contributed by atoms with Gasteiger partial charge in [0.2, 0.25) is 0 Å². The molecule has 62 valence electrons. The minimum absolute atomic E-state index is 0.111. The van der Waals surface area contributed by atoms with E-state index in [0.29, 0.717) is 18.0 Å². The van der Waals surface area contributed by atoms with E-state index in [1.54, 1.807) is 18.3 Å². The molecule has 1 heterocycles. The third-order valence-corrected chi connectivity index (χ3v) is 1.40. The largest absolute Gasteiger partial charge is 0.505 e. The molecule has 0 fully saturated rings. The Hall–Kier alpha value is -1.20. The molecule has 0 aromatic carbocycles. The average Bonchev–Trinajstić information content (AvgIpc) is 2.09. The lowest BCUT2D eigenvalue weighted by Crippen LogP contribution is -1.81. The van der Waals surface area contributed by atoms with E-state index in [9.17, 15) is 5.11 Å². The summed E-state index contributed by atoms with van der Waals surface area (Å²) in [7, 11) is 0. The lowest BCUT2D eigenvalue weighted by Gasteiger charge is -1.91. The second-order valence-electron chi connectivity index (χ2n) is 2.11. The maximum absolute atomic E-state index is 9.21. The number of aromatic nitrogens is 1. The summed E-state index contributed by atoms with van der Waals surface area (Å²) in [6.45, 7) is 0. The molecular formula is C9H8ClNO. The molecule has 1 N–H and O–H groups in total. The molecule has 0 amide bonds. The summed E-state index contributed by atoms with van der Waals surface area (Å²) in [5.41, 5.74) is 0.405. The van der Waals surface area contributed by atoms with Crippen LogP contribution in [-0.4, -0.2) is 16.0 Å². The SMILES string of the molecule is Oc1cccnc1C#CCCCl. The lowest BCUT2D eigenvalue weighted by molar-refractivity contribution is 0.471. The first kappa shape index (κ1) is 8.89. The first-order chi connectivity index (χ1) is 5.84. The van der Waals surface area contributed by atoms with Gasteiger partial charge in [0.1, 0.15) is 5.75 Å². The number of rotatable bonds is 1. The van der Waals surface area contributed by atoms with E-state index in [-0.39, 0.29) is 5.75 Å². The van der Waals surface area contributed by atoms with Gasteiger partial charge in [0, 0.05) is 18.5 Å². The van der Waals surface area contributed by atoms with E-state index >= 15 is 0 Å². The van der Waals surface area contributed by atoms with E-state index in [1.807, 2.05) is 0 Å². The minimum atomic E-state index is 0.111. The molecular weight excluding hydrogens is 174 g/mol. The second kappa shape index (κ2) is 4.63. The van der Waals surface area contributed by atoms with E-state index in [2.05, 4.69) is 16.8 Å². The Labute approximate surface area is 76.2 Å². The van der Waals surface area contributed by atoms with Crippen molar-refractivity contribution in [1.82, 2.24) is 4.98 Å². The highest BCUT2D eigenvalue weighted by Gasteiger charge is 1.94. The molecule has 1 aromatic heterocycles. The van der Waals surface area contributed by atoms with Crippen LogP contribution in [0.4, 0.5) is 0 Å². The quantitative estimate of drug-likeness (QED) is 0.529. The molecule has 12 heavy (non-hydrogen) atoms. The van der Waals surface area contributed by atoms with Crippen LogP contribution in [0, 0.1) is 11.8 Å². The summed E-state index contributed by atoms with van der Waals surface area (Å²) in [6, 6.07) is 3.21. The number of hydrogen-bond acceptors (Lipinski definition) is 2. The molecule has 2 nitrogen and oxygen atoms in total. The number of pyridine rings is 1. The zero-order valence-electron chi connectivity index (χ0n) is 6.42. The molecule has 0 radical (unpaired) electrons. The number of hydrogen-bond donors (Lipinski definition) is 1. The van der Waals surface area contributed by atoms with Crippen LogP contribution in [-0.2, 0) is 0 Å². The van der Waals surface area contributed by atoms with Gasteiger partial charge in [-0.1, -0.05) is 5.92 Å². The van der Waals surface area contributed by atoms with Crippen LogP contribution in [0.15, 0.2) is 18.3 Å². The molecule has 0 saturated heterocycles. The van der Waals surface area contributed by atoms with Crippen LogP contribution in [0.3, 0.4) is 0 Å². The van der Waals surface area contributed by atoms with Crippen molar-refractivity contribution in [3.8, 4) is 17.6 Å². The molecule has 0 aliphatic rings. The number of alkyl halides is 1. The number of nitrogens with zero attached hydrogens (tertiary/aromatic N) is 1. The summed E-state index contributed by atoms with van der Waals surface area (Å²) in [6.07, 6.45) is 2.20. The highest BCUT2D eigenvalue weighted by Crippen LogP contribution is 2.10. The van der Waals surface area contributed by atoms with Crippen LogP contribution in [0.1, 0.15) is 12.1 Å². The normalized spacial score (nSPS) is 8.75. The van der Waals surface area contributed by atoms with Crippen LogP contribution in [0.2, 0.25) is 0 Å². The van der Waals surface area contributed by atoms with Crippen molar-refractivity contribution in [2.45, 2.75) is 6.42 Å². The summed E-state index contributed by atoms with van der Waals surface area (Å²) in [4.78, 5) is 3.88. The van der Waals surface area contributed by atoms with Gasteiger partial charge in [-0.25, -0.2) is 4.98 Å². The Balaban J connectivity index is 2.77. The van der Waals surface area contributed by atoms with Crippen molar-refractivity contribution in [2.75, 3.05) is 5.88 Å². The number of aromatic hydroxyl groups is 1. The van der Waals surface area contributed by atoms with Gasteiger partial charge in [-0.2, -0.15) is 0 Å². The first-order valence-corrected chi connectivity index (χ1v) is 4.07. The van der Waals surface area contributed by atoms with E-state index < -0.39 is 0 Å². The van der Waals surface area contributed by atoms with E-state index in [4.69, 9.17) is 11.6 Å². The lowest BCUT2D eigenvalue weighted by atomic mass is 10.3. The molecule has 0 atom stereocenters. The van der Waals surface area contributed by atoms with Crippen LogP contribution in [0.25, 0.3) is 0 Å². The Bertz CT molecular complexity index is 314. The highest BCUT2D eigenvalue weighted by atomic mass is 35.5. The van der Waals surface area contributed by atoms with Gasteiger partial charge >= 0.3 is 0 Å². The van der Waals surface area contributed by atoms with Crippen LogP contribution >= 0.6 is 11.6 Å². The van der Waals surface area contributed by atoms with Gasteiger partial charge in [-0.05, 0) is 18.1 Å². The minimum Gasteiger partial charge on any atom is -0.505 e. The second-order valence-corrected chi connectivity index (χ2v) is 2.49. The Morgan fingerprint density at radius 1 is 1.58 bits per heavy atom. The molecule has 3 heteroatoms. The molecule has 0 aliphatic carbocycles. The van der Waals surface area contributed by atoms with Gasteiger partial charge < -0.3 is 5.11 Å². The van der Waals surface area contributed by atoms with Crippen molar-refractivity contribution in [2.24, 2.45) is 0 Å². The van der Waals surface area contributed by atoms with Gasteiger partial charge in [0.05, 0.1) is 0 Å². The zero-order chi connectivity index (χ0) is 8.81. The Morgan fingerprint density at radius 2 is 2.42 bits per heavy atom. The Kier molecular flexibility index (Phi) is 3.43. The molecule has 0 bridgehead atoms. The summed E-state index contributed by atoms with van der Waals surface area (Å²) in [5.74, 6) is 6.12. The monoisotopic (exact) mass is 181 g/mol. The third kappa shape index (κ3) is 2.44. The van der Waals surface area contributed by atoms with E-state index in [1.165, 1.54) is 0 Å². The highest BCUT2D eigenvalue weighted by molar-refractivity contribution is 6.18. The molecule has 0 spiro atoms. The molecule has 0 aliphatic heterocycles. The van der Waals surface area contributed by atoms with Crippen molar-refractivity contribution in [3.63, 3.8) is 0 Å². The fourth-order valence-electron chi connectivity index (χ4n) is 0.687. The maximum Gasteiger partial charge on any atom is 0.154 e. The maximum atomic E-state index is 9.21. The molecule has 0 saturated carbocycles. The summed E-state index contributed by atoms with van der Waals surface area (Å²) < 4.78 is 0. The molecule has 1 aromatic rings. The average molecular weight is 182 g/mol. The van der Waals surface area contributed by atoms with Gasteiger partial charge in [-0.15, -0.1) is 11.6 Å². The van der Waals surface area contributed by atoms with Crippen LogP contribution in [0.5, 0.6) is 5.75 Å². The topological polar surface area (TPSA) is 33.1 Å². The van der Waals surface area contributed by atoms with Gasteiger partial charge in [0.15, 0.2) is 5.69 Å². The first-order valence-electron chi connectivity index (χ1n) is 3.53. The summed E-state index contributed by atoms with van der Waals surface area (Å²) in [5, 5.41) is 9.21. The fourth-order valence-corrected chi connectivity index (χ4v) is 0.781. The summed E-state index contributed by atoms with van der Waals surface area (Å²) >= 11 is 5.42. The van der Waals surface area contributed by atoms with Crippen molar-refractivity contribution >= 4 is 11.6 Å². The van der Waals surface area contributed by atoms with Gasteiger partial charge in [0.25, 0.3) is 0 Å². The zero-order valence-corrected chi connectivity index (χ0v) is 7.17. The fraction of sp³-hybridized carbons (Fsp3) is 0.222. The third-order valence-electron chi connectivity index (χ3n) is 1.21. The van der Waals surface area contributed by atoms with Crippen LogP contribution < -0.4 is 0 Å². The molecule has 1 rings (SSSR count). The van der Waals surface area contributed by atoms with Crippen molar-refractivity contribution < 1.29 is 5.11 Å². The van der Waals surface area contributed by atoms with Gasteiger partial charge in [-0.3, -0.25) is 0 Å². The smallest absolute Gasteiger partial charge is 0.154 e. The van der Waals surface area contributed by atoms with E-state index in [0.717, 1.165) is 0 Å². The predicted molar refractivity (Wildman–Crippen MR) is 48.1 cm³/mol. The Morgan fingerprint density at radius 3 is 3.08 bits per heavy atom.